The first kappa shape index (κ1) is 24.9. The number of Topliss-reactive ketones (excluding diaryl/α,β-unsaturated/α-hetero) is 1. The van der Waals surface area contributed by atoms with Crippen molar-refractivity contribution in [1.29, 1.82) is 0 Å². The lowest BCUT2D eigenvalue weighted by molar-refractivity contribution is 0.101. The van der Waals surface area contributed by atoms with Crippen LogP contribution in [0, 0.1) is 0 Å². The van der Waals surface area contributed by atoms with Crippen molar-refractivity contribution < 1.29 is 14.3 Å². The number of hydrogen-bond acceptors (Lipinski definition) is 5. The largest absolute Gasteiger partial charge is 0.481 e. The van der Waals surface area contributed by atoms with Crippen molar-refractivity contribution in [2.75, 3.05) is 14.2 Å². The summed E-state index contributed by atoms with van der Waals surface area (Å²) >= 11 is 0. The fourth-order valence-electron chi connectivity index (χ4n) is 3.86. The number of benzene rings is 2. The Morgan fingerprint density at radius 2 is 1.41 bits per heavy atom. The van der Waals surface area contributed by atoms with Gasteiger partial charge in [-0.05, 0) is 36.1 Å². The molecule has 0 unspecified atom stereocenters. The molecule has 2 aromatic carbocycles. The van der Waals surface area contributed by atoms with Crippen molar-refractivity contribution in [2.45, 2.75) is 40.5 Å². The Hall–Kier alpha value is -3.73. The molecule has 0 N–H and O–H groups in total. The van der Waals surface area contributed by atoms with Crippen LogP contribution in [0.3, 0.4) is 0 Å². The number of ketones is 1. The quantitative estimate of drug-likeness (QED) is 0.276. The van der Waals surface area contributed by atoms with Gasteiger partial charge >= 0.3 is 0 Å². The van der Waals surface area contributed by atoms with E-state index in [1.807, 2.05) is 26.0 Å². The summed E-state index contributed by atoms with van der Waals surface area (Å²) in [4.78, 5) is 21.5. The van der Waals surface area contributed by atoms with Gasteiger partial charge < -0.3 is 9.47 Å². The molecule has 0 amide bonds. The molecular weight excluding hydrogens is 424 g/mol. The van der Waals surface area contributed by atoms with Gasteiger partial charge in [-0.25, -0.2) is 4.98 Å². The highest BCUT2D eigenvalue weighted by atomic mass is 16.5. The van der Waals surface area contributed by atoms with E-state index in [-0.39, 0.29) is 5.78 Å². The summed E-state index contributed by atoms with van der Waals surface area (Å²) in [5.74, 6) is 0.633. The Morgan fingerprint density at radius 1 is 0.824 bits per heavy atom. The van der Waals surface area contributed by atoms with Crippen molar-refractivity contribution in [2.24, 2.45) is 0 Å². The predicted octanol–water partition coefficient (Wildman–Crippen LogP) is 7.16. The van der Waals surface area contributed by atoms with Gasteiger partial charge in [0.15, 0.2) is 5.78 Å². The zero-order valence-electron chi connectivity index (χ0n) is 20.8. The number of methoxy groups -OCH3 is 2. The number of fused-ring (bicyclic) bond motifs is 1. The van der Waals surface area contributed by atoms with E-state index in [1.165, 1.54) is 32.3 Å². The molecule has 5 heteroatoms. The van der Waals surface area contributed by atoms with E-state index in [2.05, 4.69) is 48.3 Å². The maximum Gasteiger partial charge on any atom is 0.226 e. The third-order valence-corrected chi connectivity index (χ3v) is 5.52. The van der Waals surface area contributed by atoms with Crippen LogP contribution in [0.15, 0.2) is 60.7 Å². The molecule has 0 aliphatic heterocycles. The van der Waals surface area contributed by atoms with E-state index >= 15 is 0 Å². The van der Waals surface area contributed by atoms with Gasteiger partial charge in [0, 0.05) is 17.2 Å². The number of carbonyl (C=O) groups excluding carboxylic acids is 1. The van der Waals surface area contributed by atoms with E-state index in [9.17, 15) is 4.79 Å². The normalized spacial score (nSPS) is 10.4. The van der Waals surface area contributed by atoms with Crippen LogP contribution < -0.4 is 9.47 Å². The second-order valence-electron chi connectivity index (χ2n) is 7.70. The number of nitrogens with zero attached hydrogens (tertiary/aromatic N) is 2. The van der Waals surface area contributed by atoms with E-state index in [0.717, 1.165) is 24.0 Å². The molecule has 176 valence electrons. The highest BCUT2D eigenvalue weighted by molar-refractivity contribution is 6.09. The number of rotatable bonds is 7. The molecule has 4 aromatic rings. The van der Waals surface area contributed by atoms with Crippen molar-refractivity contribution in [1.82, 2.24) is 9.97 Å². The SMILES string of the molecule is CC.CCCc1ccc(-c2ccc(-c3cc(C(C)=O)c4c(OC)nc(OC)cc4n3)cc2)cc1. The summed E-state index contributed by atoms with van der Waals surface area (Å²) in [6.45, 7) is 7.72. The van der Waals surface area contributed by atoms with E-state index in [0.29, 0.717) is 33.9 Å². The molecule has 0 fully saturated rings. The monoisotopic (exact) mass is 456 g/mol. The second kappa shape index (κ2) is 11.4. The van der Waals surface area contributed by atoms with Crippen LogP contribution in [-0.2, 0) is 6.42 Å². The maximum atomic E-state index is 12.4. The van der Waals surface area contributed by atoms with Gasteiger partial charge in [-0.2, -0.15) is 4.98 Å². The highest BCUT2D eigenvalue weighted by Gasteiger charge is 2.18. The number of hydrogen-bond donors (Lipinski definition) is 0. The molecule has 0 aliphatic rings. The number of aromatic nitrogens is 2. The van der Waals surface area contributed by atoms with Crippen LogP contribution in [0.5, 0.6) is 11.8 Å². The summed E-state index contributed by atoms with van der Waals surface area (Å²) in [6.07, 6.45) is 2.24. The molecule has 0 spiro atoms. The average Bonchev–Trinajstić information content (AvgIpc) is 2.89. The molecule has 0 saturated heterocycles. The fraction of sp³-hybridized carbons (Fsp3) is 0.276. The molecule has 0 saturated carbocycles. The molecule has 5 nitrogen and oxygen atoms in total. The van der Waals surface area contributed by atoms with Gasteiger partial charge in [0.05, 0.1) is 30.8 Å². The lowest BCUT2D eigenvalue weighted by atomic mass is 9.99. The molecule has 0 radical (unpaired) electrons. The minimum absolute atomic E-state index is 0.0762. The highest BCUT2D eigenvalue weighted by Crippen LogP contribution is 2.33. The molecule has 34 heavy (non-hydrogen) atoms. The molecular formula is C29H32N2O3. The zero-order valence-corrected chi connectivity index (χ0v) is 20.8. The molecule has 2 aromatic heterocycles. The molecule has 4 rings (SSSR count). The third-order valence-electron chi connectivity index (χ3n) is 5.52. The summed E-state index contributed by atoms with van der Waals surface area (Å²) in [5.41, 5.74) is 6.42. The van der Waals surface area contributed by atoms with Crippen LogP contribution >= 0.6 is 0 Å². The molecule has 0 aliphatic carbocycles. The standard InChI is InChI=1S/C27H26N2O3.C2H6/c1-5-6-18-7-9-19(10-8-18)20-11-13-21(14-12-20)23-15-22(17(2)30)26-24(28-23)16-25(31-3)29-27(26)32-4;1-2/h7-16H,5-6H2,1-4H3;1-2H3. The van der Waals surface area contributed by atoms with Gasteiger partial charge in [0.1, 0.15) is 0 Å². The summed E-state index contributed by atoms with van der Waals surface area (Å²) < 4.78 is 10.7. The zero-order chi connectivity index (χ0) is 24.7. The van der Waals surface area contributed by atoms with E-state index in [4.69, 9.17) is 14.5 Å². The number of carbonyl (C=O) groups is 1. The first-order valence-electron chi connectivity index (χ1n) is 11.7. The smallest absolute Gasteiger partial charge is 0.226 e. The van der Waals surface area contributed by atoms with E-state index in [1.54, 1.807) is 12.1 Å². The van der Waals surface area contributed by atoms with Gasteiger partial charge in [-0.3, -0.25) is 4.79 Å². The van der Waals surface area contributed by atoms with Crippen molar-refractivity contribution >= 4 is 16.7 Å². The average molecular weight is 457 g/mol. The summed E-state index contributed by atoms with van der Waals surface area (Å²) in [5, 5.41) is 0.591. The van der Waals surface area contributed by atoms with Crippen LogP contribution in [0.4, 0.5) is 0 Å². The molecule has 2 heterocycles. The van der Waals surface area contributed by atoms with Crippen molar-refractivity contribution in [3.05, 3.63) is 71.8 Å². The maximum absolute atomic E-state index is 12.4. The van der Waals surface area contributed by atoms with Gasteiger partial charge in [0.25, 0.3) is 0 Å². The minimum Gasteiger partial charge on any atom is -0.481 e. The Balaban J connectivity index is 0.00000158. The fourth-order valence-corrected chi connectivity index (χ4v) is 3.86. The molecule has 0 atom stereocenters. The predicted molar refractivity (Wildman–Crippen MR) is 139 cm³/mol. The number of ether oxygens (including phenoxy) is 2. The van der Waals surface area contributed by atoms with Crippen LogP contribution in [0.2, 0.25) is 0 Å². The minimum atomic E-state index is -0.0762. The summed E-state index contributed by atoms with van der Waals surface area (Å²) in [6, 6.07) is 20.4. The first-order chi connectivity index (χ1) is 16.5. The topological polar surface area (TPSA) is 61.3 Å². The van der Waals surface area contributed by atoms with Crippen molar-refractivity contribution in [3.8, 4) is 34.1 Å². The third kappa shape index (κ3) is 5.25. The molecule has 0 bridgehead atoms. The lowest BCUT2D eigenvalue weighted by Crippen LogP contribution is -2.02. The Labute approximate surface area is 201 Å². The number of aryl methyl sites for hydroxylation is 1. The van der Waals surface area contributed by atoms with Crippen LogP contribution in [0.25, 0.3) is 33.3 Å². The van der Waals surface area contributed by atoms with Crippen LogP contribution in [0.1, 0.15) is 50.0 Å². The van der Waals surface area contributed by atoms with E-state index < -0.39 is 0 Å². The Morgan fingerprint density at radius 3 is 1.94 bits per heavy atom. The second-order valence-corrected chi connectivity index (χ2v) is 7.70. The first-order valence-corrected chi connectivity index (χ1v) is 11.7. The van der Waals surface area contributed by atoms with Gasteiger partial charge in [-0.15, -0.1) is 0 Å². The van der Waals surface area contributed by atoms with Crippen LogP contribution in [-0.4, -0.2) is 30.0 Å². The van der Waals surface area contributed by atoms with Crippen molar-refractivity contribution in [3.63, 3.8) is 0 Å². The Bertz CT molecular complexity index is 1260. The summed E-state index contributed by atoms with van der Waals surface area (Å²) in [7, 11) is 3.06. The number of pyridine rings is 2. The van der Waals surface area contributed by atoms with Gasteiger partial charge in [-0.1, -0.05) is 75.7 Å². The van der Waals surface area contributed by atoms with Gasteiger partial charge in [0.2, 0.25) is 11.8 Å². The Kier molecular flexibility index (Phi) is 8.36. The lowest BCUT2D eigenvalue weighted by Gasteiger charge is -2.12.